The fourth-order valence-corrected chi connectivity index (χ4v) is 4.84. The molecule has 4 N–H and O–H groups in total. The van der Waals surface area contributed by atoms with Crippen LogP contribution in [0.1, 0.15) is 20.1 Å². The van der Waals surface area contributed by atoms with E-state index < -0.39 is 15.9 Å². The topological polar surface area (TPSA) is 114 Å². The third-order valence-corrected chi connectivity index (χ3v) is 6.09. The van der Waals surface area contributed by atoms with E-state index in [0.29, 0.717) is 10.7 Å². The van der Waals surface area contributed by atoms with Gasteiger partial charge in [-0.05, 0) is 26.0 Å². The Morgan fingerprint density at radius 3 is 2.58 bits per heavy atom. The summed E-state index contributed by atoms with van der Waals surface area (Å²) >= 11 is 7.43. The van der Waals surface area contributed by atoms with Gasteiger partial charge in [-0.25, -0.2) is 18.1 Å². The lowest BCUT2D eigenvalue weighted by atomic mass is 10.3. The van der Waals surface area contributed by atoms with Crippen molar-refractivity contribution in [2.75, 3.05) is 18.4 Å². The van der Waals surface area contributed by atoms with Crippen LogP contribution in [0.15, 0.2) is 23.2 Å². The third kappa shape index (κ3) is 4.44. The van der Waals surface area contributed by atoms with Gasteiger partial charge in [0.15, 0.2) is 0 Å². The molecule has 0 spiro atoms. The van der Waals surface area contributed by atoms with E-state index in [9.17, 15) is 13.2 Å². The first-order valence-electron chi connectivity index (χ1n) is 6.96. The molecule has 0 radical (unpaired) electrons. The predicted octanol–water partition coefficient (Wildman–Crippen LogP) is 1.90. The summed E-state index contributed by atoms with van der Waals surface area (Å²) in [4.78, 5) is 17.0. The molecule has 1 amide bonds. The molecule has 0 aliphatic rings. The number of halogens is 1. The largest absolute Gasteiger partial charge is 0.368 e. The summed E-state index contributed by atoms with van der Waals surface area (Å²) in [5, 5.41) is 3.14. The average molecular weight is 389 g/mol. The lowest BCUT2D eigenvalue weighted by Gasteiger charge is -2.09. The number of aryl methyl sites for hydroxylation is 2. The normalized spacial score (nSPS) is 11.5. The van der Waals surface area contributed by atoms with E-state index in [-0.39, 0.29) is 23.7 Å². The first-order valence-corrected chi connectivity index (χ1v) is 9.64. The number of aromatic nitrogens is 1. The zero-order valence-corrected chi connectivity index (χ0v) is 15.5. The Labute approximate surface area is 149 Å². The number of primary amides is 1. The maximum atomic E-state index is 12.2. The number of hydrogen-bond acceptors (Lipinski definition) is 6. The molecular formula is C14H17ClN4O3S2. The Balaban J connectivity index is 1.93. The lowest BCUT2D eigenvalue weighted by molar-refractivity contribution is 0.1000. The number of carbonyl (C=O) groups excluding carboxylic acids is 1. The van der Waals surface area contributed by atoms with Crippen LogP contribution in [0.3, 0.4) is 0 Å². The molecule has 0 aliphatic heterocycles. The quantitative estimate of drug-likeness (QED) is 0.627. The molecule has 0 unspecified atom stereocenters. The number of nitrogens with two attached hydrogens (primary N) is 1. The fourth-order valence-electron chi connectivity index (χ4n) is 2.02. The van der Waals surface area contributed by atoms with Gasteiger partial charge in [-0.15, -0.1) is 11.3 Å². The van der Waals surface area contributed by atoms with Crippen LogP contribution in [0.2, 0.25) is 5.02 Å². The zero-order valence-electron chi connectivity index (χ0n) is 13.1. The Bertz CT molecular complexity index is 865. The minimum Gasteiger partial charge on any atom is -0.368 e. The first kappa shape index (κ1) is 18.7. The maximum absolute atomic E-state index is 12.2. The molecular weight excluding hydrogens is 372 g/mol. The standard InChI is InChI=1S/C14H17ClN4O3S2/c1-8-5-12(9(2)23-8)24(21,22)19-4-3-17-14-11(15)6-10(7-18-14)13(16)20/h5-7,19H,3-4H2,1-2H3,(H2,16,20)(H,17,18). The minimum atomic E-state index is -3.55. The zero-order chi connectivity index (χ0) is 17.9. The number of nitrogens with one attached hydrogen (secondary N) is 2. The van der Waals surface area contributed by atoms with Gasteiger partial charge in [-0.2, -0.15) is 0 Å². The van der Waals surface area contributed by atoms with Crippen molar-refractivity contribution in [2.24, 2.45) is 5.73 Å². The average Bonchev–Trinajstić information content (AvgIpc) is 2.84. The smallest absolute Gasteiger partial charge is 0.250 e. The molecule has 0 saturated carbocycles. The number of amides is 1. The second-order valence-corrected chi connectivity index (χ2v) is 8.62. The molecule has 0 atom stereocenters. The van der Waals surface area contributed by atoms with Gasteiger partial charge in [0.05, 0.1) is 15.5 Å². The Morgan fingerprint density at radius 2 is 2.04 bits per heavy atom. The van der Waals surface area contributed by atoms with E-state index in [1.807, 2.05) is 6.92 Å². The van der Waals surface area contributed by atoms with Gasteiger partial charge in [-0.3, -0.25) is 4.79 Å². The molecule has 2 aromatic heterocycles. The van der Waals surface area contributed by atoms with E-state index in [4.69, 9.17) is 17.3 Å². The molecule has 24 heavy (non-hydrogen) atoms. The van der Waals surface area contributed by atoms with Gasteiger partial charge in [-0.1, -0.05) is 11.6 Å². The number of pyridine rings is 1. The van der Waals surface area contributed by atoms with E-state index in [0.717, 1.165) is 9.75 Å². The number of thiophene rings is 1. The second kappa shape index (κ2) is 7.47. The molecule has 10 heteroatoms. The molecule has 0 aromatic carbocycles. The van der Waals surface area contributed by atoms with E-state index in [1.54, 1.807) is 13.0 Å². The molecule has 0 bridgehead atoms. The number of anilines is 1. The maximum Gasteiger partial charge on any atom is 0.250 e. The highest BCUT2D eigenvalue weighted by atomic mass is 35.5. The lowest BCUT2D eigenvalue weighted by Crippen LogP contribution is -2.29. The van der Waals surface area contributed by atoms with Gasteiger partial charge < -0.3 is 11.1 Å². The highest BCUT2D eigenvalue weighted by Crippen LogP contribution is 2.24. The summed E-state index contributed by atoms with van der Waals surface area (Å²) in [5.74, 6) is -0.270. The van der Waals surface area contributed by atoms with E-state index in [1.165, 1.54) is 23.6 Å². The van der Waals surface area contributed by atoms with Crippen LogP contribution >= 0.6 is 22.9 Å². The molecule has 7 nitrogen and oxygen atoms in total. The molecule has 2 aromatic rings. The number of rotatable bonds is 7. The molecule has 0 fully saturated rings. The molecule has 0 aliphatic carbocycles. The van der Waals surface area contributed by atoms with Crippen molar-refractivity contribution < 1.29 is 13.2 Å². The highest BCUT2D eigenvalue weighted by molar-refractivity contribution is 7.89. The van der Waals surface area contributed by atoms with Crippen LogP contribution < -0.4 is 15.8 Å². The van der Waals surface area contributed by atoms with Gasteiger partial charge in [0.2, 0.25) is 15.9 Å². The van der Waals surface area contributed by atoms with Crippen LogP contribution in [-0.2, 0) is 10.0 Å². The Kier molecular flexibility index (Phi) is 5.81. The summed E-state index contributed by atoms with van der Waals surface area (Å²) in [6, 6.07) is 3.05. The van der Waals surface area contributed by atoms with Crippen molar-refractivity contribution in [3.8, 4) is 0 Å². The van der Waals surface area contributed by atoms with Crippen LogP contribution in [-0.4, -0.2) is 32.4 Å². The summed E-state index contributed by atoms with van der Waals surface area (Å²) in [5.41, 5.74) is 5.34. The fraction of sp³-hybridized carbons (Fsp3) is 0.286. The molecule has 0 saturated heterocycles. The van der Waals surface area contributed by atoms with Crippen LogP contribution in [0.5, 0.6) is 0 Å². The van der Waals surface area contributed by atoms with Gasteiger partial charge in [0.25, 0.3) is 0 Å². The molecule has 2 heterocycles. The third-order valence-electron chi connectivity index (χ3n) is 3.12. The van der Waals surface area contributed by atoms with Crippen LogP contribution in [0.25, 0.3) is 0 Å². The van der Waals surface area contributed by atoms with Crippen LogP contribution in [0, 0.1) is 13.8 Å². The SMILES string of the molecule is Cc1cc(S(=O)(=O)NCCNc2ncc(C(N)=O)cc2Cl)c(C)s1. The molecule has 2 rings (SSSR count). The minimum absolute atomic E-state index is 0.159. The first-order chi connectivity index (χ1) is 11.2. The Morgan fingerprint density at radius 1 is 1.33 bits per heavy atom. The summed E-state index contributed by atoms with van der Waals surface area (Å²) < 4.78 is 27.0. The monoisotopic (exact) mass is 388 g/mol. The van der Waals surface area contributed by atoms with Gasteiger partial charge in [0, 0.05) is 29.0 Å². The van der Waals surface area contributed by atoms with Gasteiger partial charge >= 0.3 is 0 Å². The molecule has 130 valence electrons. The van der Waals surface area contributed by atoms with Crippen LogP contribution in [0.4, 0.5) is 5.82 Å². The Hall–Kier alpha value is -1.68. The second-order valence-electron chi connectivity index (χ2n) is 5.02. The number of carbonyl (C=O) groups is 1. The van der Waals surface area contributed by atoms with Crippen molar-refractivity contribution in [3.05, 3.63) is 38.7 Å². The number of hydrogen-bond donors (Lipinski definition) is 3. The van der Waals surface area contributed by atoms with E-state index >= 15 is 0 Å². The number of nitrogens with zero attached hydrogens (tertiary/aromatic N) is 1. The summed E-state index contributed by atoms with van der Waals surface area (Å²) in [7, 11) is -3.55. The van der Waals surface area contributed by atoms with Gasteiger partial charge in [0.1, 0.15) is 5.82 Å². The van der Waals surface area contributed by atoms with Crippen molar-refractivity contribution in [2.45, 2.75) is 18.7 Å². The van der Waals surface area contributed by atoms with Crippen molar-refractivity contribution in [3.63, 3.8) is 0 Å². The van der Waals surface area contributed by atoms with Crippen molar-refractivity contribution in [1.82, 2.24) is 9.71 Å². The summed E-state index contributed by atoms with van der Waals surface area (Å²) in [6.45, 7) is 4.08. The van der Waals surface area contributed by atoms with Crippen molar-refractivity contribution in [1.29, 1.82) is 0 Å². The van der Waals surface area contributed by atoms with E-state index in [2.05, 4.69) is 15.0 Å². The highest BCUT2D eigenvalue weighted by Gasteiger charge is 2.18. The van der Waals surface area contributed by atoms with Crippen molar-refractivity contribution >= 4 is 44.7 Å². The number of sulfonamides is 1. The predicted molar refractivity (Wildman–Crippen MR) is 95.2 cm³/mol. The summed E-state index contributed by atoms with van der Waals surface area (Å²) in [6.07, 6.45) is 1.30.